The third-order valence-electron chi connectivity index (χ3n) is 2.09. The molecule has 0 amide bonds. The molecular formula is C12H10FN. The second-order valence-corrected chi connectivity index (χ2v) is 3.13. The molecule has 2 rings (SSSR count). The topological polar surface area (TPSA) is 12.9 Å². The molecule has 14 heavy (non-hydrogen) atoms. The number of nitrogens with zero attached hydrogens (tertiary/aromatic N) is 1. The van der Waals surface area contributed by atoms with E-state index in [0.29, 0.717) is 5.69 Å². The molecule has 1 heterocycles. The monoisotopic (exact) mass is 187 g/mol. The summed E-state index contributed by atoms with van der Waals surface area (Å²) in [5, 5.41) is 0. The fourth-order valence-corrected chi connectivity index (χ4v) is 1.31. The molecule has 2 aromatic rings. The number of aromatic nitrogens is 1. The summed E-state index contributed by atoms with van der Waals surface area (Å²) in [7, 11) is 0. The minimum absolute atomic E-state index is 0.260. The van der Waals surface area contributed by atoms with Crippen molar-refractivity contribution in [3.8, 4) is 11.3 Å². The van der Waals surface area contributed by atoms with Crippen LogP contribution in [0.25, 0.3) is 11.3 Å². The van der Waals surface area contributed by atoms with Gasteiger partial charge in [0.15, 0.2) is 0 Å². The van der Waals surface area contributed by atoms with Crippen LogP contribution >= 0.6 is 0 Å². The van der Waals surface area contributed by atoms with Crippen LogP contribution in [-0.4, -0.2) is 4.98 Å². The SMILES string of the molecule is Cc1nc(-c2ccccc2)ccc1F. The summed E-state index contributed by atoms with van der Waals surface area (Å²) >= 11 is 0. The zero-order valence-electron chi connectivity index (χ0n) is 7.87. The largest absolute Gasteiger partial charge is 0.250 e. The molecule has 0 unspecified atom stereocenters. The number of pyridine rings is 1. The van der Waals surface area contributed by atoms with Crippen molar-refractivity contribution in [1.29, 1.82) is 0 Å². The average molecular weight is 187 g/mol. The molecule has 2 heteroatoms. The van der Waals surface area contributed by atoms with Gasteiger partial charge < -0.3 is 0 Å². The Hall–Kier alpha value is -1.70. The Morgan fingerprint density at radius 1 is 1.00 bits per heavy atom. The van der Waals surface area contributed by atoms with E-state index in [4.69, 9.17) is 0 Å². The van der Waals surface area contributed by atoms with Crippen LogP contribution in [0.3, 0.4) is 0 Å². The van der Waals surface area contributed by atoms with Crippen LogP contribution in [0.15, 0.2) is 42.5 Å². The van der Waals surface area contributed by atoms with Crippen molar-refractivity contribution in [2.75, 3.05) is 0 Å². The van der Waals surface area contributed by atoms with Gasteiger partial charge in [0, 0.05) is 5.56 Å². The lowest BCUT2D eigenvalue weighted by Crippen LogP contribution is -1.90. The molecule has 0 radical (unpaired) electrons. The lowest BCUT2D eigenvalue weighted by atomic mass is 10.1. The highest BCUT2D eigenvalue weighted by Crippen LogP contribution is 2.17. The Morgan fingerprint density at radius 2 is 1.71 bits per heavy atom. The first-order chi connectivity index (χ1) is 6.77. The molecule has 0 aliphatic rings. The Bertz CT molecular complexity index is 437. The quantitative estimate of drug-likeness (QED) is 0.668. The first kappa shape index (κ1) is 8.88. The maximum atomic E-state index is 13.0. The third kappa shape index (κ3) is 1.64. The Labute approximate surface area is 82.2 Å². The fourth-order valence-electron chi connectivity index (χ4n) is 1.31. The Morgan fingerprint density at radius 3 is 2.36 bits per heavy atom. The average Bonchev–Trinajstić information content (AvgIpc) is 2.23. The third-order valence-corrected chi connectivity index (χ3v) is 2.09. The normalized spacial score (nSPS) is 10.1. The molecule has 1 aromatic heterocycles. The van der Waals surface area contributed by atoms with Crippen LogP contribution < -0.4 is 0 Å². The number of hydrogen-bond acceptors (Lipinski definition) is 1. The summed E-state index contributed by atoms with van der Waals surface area (Å²) in [6, 6.07) is 12.9. The molecule has 1 aromatic carbocycles. The van der Waals surface area contributed by atoms with Crippen molar-refractivity contribution in [1.82, 2.24) is 4.98 Å². The van der Waals surface area contributed by atoms with Gasteiger partial charge in [0.1, 0.15) is 5.82 Å². The molecule has 0 fully saturated rings. The number of aryl methyl sites for hydroxylation is 1. The number of halogens is 1. The van der Waals surface area contributed by atoms with Gasteiger partial charge in [-0.3, -0.25) is 4.98 Å². The second-order valence-electron chi connectivity index (χ2n) is 3.13. The van der Waals surface area contributed by atoms with Gasteiger partial charge in [0.25, 0.3) is 0 Å². The van der Waals surface area contributed by atoms with Crippen molar-refractivity contribution >= 4 is 0 Å². The first-order valence-electron chi connectivity index (χ1n) is 4.46. The maximum Gasteiger partial charge on any atom is 0.144 e. The highest BCUT2D eigenvalue weighted by molar-refractivity contribution is 5.58. The van der Waals surface area contributed by atoms with Crippen molar-refractivity contribution in [2.24, 2.45) is 0 Å². The summed E-state index contributed by atoms with van der Waals surface area (Å²) in [5.41, 5.74) is 2.26. The van der Waals surface area contributed by atoms with Crippen LogP contribution in [0.5, 0.6) is 0 Å². The van der Waals surface area contributed by atoms with E-state index < -0.39 is 0 Å². The zero-order valence-corrected chi connectivity index (χ0v) is 7.87. The van der Waals surface area contributed by atoms with Crippen molar-refractivity contribution in [3.05, 3.63) is 54.0 Å². The van der Waals surface area contributed by atoms with Crippen molar-refractivity contribution in [3.63, 3.8) is 0 Å². The van der Waals surface area contributed by atoms with E-state index >= 15 is 0 Å². The van der Waals surface area contributed by atoms with Gasteiger partial charge in [0.2, 0.25) is 0 Å². The van der Waals surface area contributed by atoms with Gasteiger partial charge in [-0.25, -0.2) is 4.39 Å². The van der Waals surface area contributed by atoms with Gasteiger partial charge in [-0.05, 0) is 19.1 Å². The van der Waals surface area contributed by atoms with Gasteiger partial charge in [-0.1, -0.05) is 30.3 Å². The van der Waals surface area contributed by atoms with E-state index in [2.05, 4.69) is 4.98 Å². The van der Waals surface area contributed by atoms with Crippen LogP contribution in [0.4, 0.5) is 4.39 Å². The minimum atomic E-state index is -0.260. The molecule has 0 bridgehead atoms. The summed E-state index contributed by atoms with van der Waals surface area (Å²) in [4.78, 5) is 4.17. The fraction of sp³-hybridized carbons (Fsp3) is 0.0833. The highest BCUT2D eigenvalue weighted by atomic mass is 19.1. The number of benzene rings is 1. The Kier molecular flexibility index (Phi) is 2.27. The molecule has 0 saturated carbocycles. The summed E-state index contributed by atoms with van der Waals surface area (Å²) < 4.78 is 13.0. The summed E-state index contributed by atoms with van der Waals surface area (Å²) in [5.74, 6) is -0.260. The molecule has 0 saturated heterocycles. The standard InChI is InChI=1S/C12H10FN/c1-9-11(13)7-8-12(14-9)10-5-3-2-4-6-10/h2-8H,1H3. The number of hydrogen-bond donors (Lipinski definition) is 0. The lowest BCUT2D eigenvalue weighted by molar-refractivity contribution is 0.610. The molecule has 0 spiro atoms. The zero-order chi connectivity index (χ0) is 9.97. The van der Waals surface area contributed by atoms with Crippen LogP contribution in [0, 0.1) is 12.7 Å². The molecule has 0 aliphatic heterocycles. The second kappa shape index (κ2) is 3.58. The Balaban J connectivity index is 2.48. The van der Waals surface area contributed by atoms with Crippen LogP contribution in [-0.2, 0) is 0 Å². The van der Waals surface area contributed by atoms with E-state index in [9.17, 15) is 4.39 Å². The van der Waals surface area contributed by atoms with E-state index in [0.717, 1.165) is 11.3 Å². The summed E-state index contributed by atoms with van der Waals surface area (Å²) in [6.07, 6.45) is 0. The summed E-state index contributed by atoms with van der Waals surface area (Å²) in [6.45, 7) is 1.67. The first-order valence-corrected chi connectivity index (χ1v) is 4.46. The van der Waals surface area contributed by atoms with Crippen molar-refractivity contribution < 1.29 is 4.39 Å². The van der Waals surface area contributed by atoms with E-state index in [1.165, 1.54) is 6.07 Å². The minimum Gasteiger partial charge on any atom is -0.250 e. The maximum absolute atomic E-state index is 13.0. The molecule has 0 atom stereocenters. The van der Waals surface area contributed by atoms with Crippen LogP contribution in [0.2, 0.25) is 0 Å². The number of rotatable bonds is 1. The predicted molar refractivity (Wildman–Crippen MR) is 54.4 cm³/mol. The molecule has 1 nitrogen and oxygen atoms in total. The van der Waals surface area contributed by atoms with Gasteiger partial charge in [-0.15, -0.1) is 0 Å². The van der Waals surface area contributed by atoms with Crippen molar-refractivity contribution in [2.45, 2.75) is 6.92 Å². The predicted octanol–water partition coefficient (Wildman–Crippen LogP) is 3.20. The van der Waals surface area contributed by atoms with Gasteiger partial charge in [0.05, 0.1) is 11.4 Å². The van der Waals surface area contributed by atoms with E-state index in [-0.39, 0.29) is 5.82 Å². The molecule has 0 aliphatic carbocycles. The van der Waals surface area contributed by atoms with Crippen LogP contribution in [0.1, 0.15) is 5.69 Å². The highest BCUT2D eigenvalue weighted by Gasteiger charge is 2.01. The smallest absolute Gasteiger partial charge is 0.144 e. The van der Waals surface area contributed by atoms with E-state index in [1.54, 1.807) is 13.0 Å². The van der Waals surface area contributed by atoms with Gasteiger partial charge >= 0.3 is 0 Å². The lowest BCUT2D eigenvalue weighted by Gasteiger charge is -2.01. The van der Waals surface area contributed by atoms with Gasteiger partial charge in [-0.2, -0.15) is 0 Å². The molecular weight excluding hydrogens is 177 g/mol. The molecule has 0 N–H and O–H groups in total. The van der Waals surface area contributed by atoms with E-state index in [1.807, 2.05) is 30.3 Å². The molecule has 70 valence electrons.